The Morgan fingerprint density at radius 2 is 2.05 bits per heavy atom. The van der Waals surface area contributed by atoms with E-state index in [2.05, 4.69) is 25.7 Å². The molecule has 19 heavy (non-hydrogen) atoms. The van der Waals surface area contributed by atoms with Crippen molar-refractivity contribution in [3.05, 3.63) is 23.8 Å². The molecule has 1 N–H and O–H groups in total. The van der Waals surface area contributed by atoms with Gasteiger partial charge in [0.05, 0.1) is 7.11 Å². The van der Waals surface area contributed by atoms with E-state index >= 15 is 0 Å². The molecule has 2 rings (SSSR count). The van der Waals surface area contributed by atoms with Crippen LogP contribution in [0.2, 0.25) is 0 Å². The summed E-state index contributed by atoms with van der Waals surface area (Å²) in [5.41, 5.74) is 0.991. The average Bonchev–Trinajstić information content (AvgIpc) is 2.87. The van der Waals surface area contributed by atoms with E-state index in [1.54, 1.807) is 13.2 Å². The van der Waals surface area contributed by atoms with Gasteiger partial charge in [-0.25, -0.2) is 0 Å². The second-order valence-corrected chi connectivity index (χ2v) is 5.89. The highest BCUT2D eigenvalue weighted by Gasteiger charge is 2.29. The van der Waals surface area contributed by atoms with Crippen molar-refractivity contribution in [3.63, 3.8) is 0 Å². The number of nitrogens with zero attached hydrogens (tertiary/aromatic N) is 1. The molecule has 1 aliphatic heterocycles. The van der Waals surface area contributed by atoms with Crippen LogP contribution in [0.25, 0.3) is 0 Å². The first kappa shape index (κ1) is 14.2. The molecule has 2 atom stereocenters. The zero-order valence-electron chi connectivity index (χ0n) is 12.4. The first-order chi connectivity index (χ1) is 9.02. The molecule has 0 aliphatic carbocycles. The monoisotopic (exact) mass is 263 g/mol. The van der Waals surface area contributed by atoms with Crippen molar-refractivity contribution < 1.29 is 9.84 Å². The number of methoxy groups -OCH3 is 1. The zero-order chi connectivity index (χ0) is 14.0. The lowest BCUT2D eigenvalue weighted by molar-refractivity contribution is 0.237. The Kier molecular flexibility index (Phi) is 4.35. The van der Waals surface area contributed by atoms with Crippen molar-refractivity contribution in [1.82, 2.24) is 4.90 Å². The van der Waals surface area contributed by atoms with Gasteiger partial charge in [0.15, 0.2) is 0 Å². The Hall–Kier alpha value is -1.22. The van der Waals surface area contributed by atoms with Gasteiger partial charge in [-0.05, 0) is 37.8 Å². The summed E-state index contributed by atoms with van der Waals surface area (Å²) in [6.07, 6.45) is 1.26. The molecule has 106 valence electrons. The molecule has 0 bridgehead atoms. The molecule has 1 aliphatic rings. The molecule has 0 saturated carbocycles. The number of ether oxygens (including phenoxy) is 1. The van der Waals surface area contributed by atoms with E-state index in [4.69, 9.17) is 4.74 Å². The first-order valence-electron chi connectivity index (χ1n) is 7.14. The fourth-order valence-electron chi connectivity index (χ4n) is 2.91. The molecular weight excluding hydrogens is 238 g/mol. The molecule has 1 heterocycles. The van der Waals surface area contributed by atoms with Crippen LogP contribution in [-0.4, -0.2) is 30.2 Å². The Balaban J connectivity index is 2.10. The third kappa shape index (κ3) is 3.03. The number of hydrogen-bond donors (Lipinski definition) is 1. The molecule has 3 nitrogen and oxygen atoms in total. The second-order valence-electron chi connectivity index (χ2n) is 5.89. The summed E-state index contributed by atoms with van der Waals surface area (Å²) in [4.78, 5) is 2.46. The summed E-state index contributed by atoms with van der Waals surface area (Å²) >= 11 is 0. The Morgan fingerprint density at radius 1 is 1.32 bits per heavy atom. The van der Waals surface area contributed by atoms with Crippen molar-refractivity contribution in [2.45, 2.75) is 33.2 Å². The molecule has 0 spiro atoms. The van der Waals surface area contributed by atoms with Gasteiger partial charge in [-0.1, -0.05) is 19.9 Å². The van der Waals surface area contributed by atoms with Crippen molar-refractivity contribution in [1.29, 1.82) is 0 Å². The molecule has 1 fully saturated rings. The van der Waals surface area contributed by atoms with Gasteiger partial charge in [-0.3, -0.25) is 4.90 Å². The van der Waals surface area contributed by atoms with Crippen molar-refractivity contribution in [2.75, 3.05) is 20.2 Å². The van der Waals surface area contributed by atoms with Gasteiger partial charge in [0.1, 0.15) is 11.5 Å². The largest absolute Gasteiger partial charge is 0.507 e. The summed E-state index contributed by atoms with van der Waals surface area (Å²) in [6, 6.07) is 5.85. The number of benzene rings is 1. The van der Waals surface area contributed by atoms with Crippen LogP contribution in [0.15, 0.2) is 18.2 Å². The normalized spacial score (nSPS) is 21.8. The summed E-state index contributed by atoms with van der Waals surface area (Å²) in [6.45, 7) is 9.01. The van der Waals surface area contributed by atoms with Crippen LogP contribution in [0, 0.1) is 11.8 Å². The van der Waals surface area contributed by atoms with Crippen molar-refractivity contribution >= 4 is 0 Å². The summed E-state index contributed by atoms with van der Waals surface area (Å²) in [7, 11) is 1.62. The Morgan fingerprint density at radius 3 is 2.58 bits per heavy atom. The van der Waals surface area contributed by atoms with E-state index in [1.807, 2.05) is 12.1 Å². The van der Waals surface area contributed by atoms with Gasteiger partial charge < -0.3 is 9.84 Å². The summed E-state index contributed by atoms with van der Waals surface area (Å²) in [5, 5.41) is 10.1. The van der Waals surface area contributed by atoms with E-state index < -0.39 is 0 Å². The maximum absolute atomic E-state index is 10.1. The van der Waals surface area contributed by atoms with Gasteiger partial charge >= 0.3 is 0 Å². The zero-order valence-corrected chi connectivity index (χ0v) is 12.4. The van der Waals surface area contributed by atoms with E-state index in [0.717, 1.165) is 30.5 Å². The van der Waals surface area contributed by atoms with E-state index in [0.29, 0.717) is 11.5 Å². The number of rotatable bonds is 4. The fraction of sp³-hybridized carbons (Fsp3) is 0.625. The fourth-order valence-corrected chi connectivity index (χ4v) is 2.91. The first-order valence-corrected chi connectivity index (χ1v) is 7.14. The number of likely N-dealkylation sites (tertiary alicyclic amines) is 1. The van der Waals surface area contributed by atoms with Gasteiger partial charge in [0.25, 0.3) is 0 Å². The molecule has 0 radical (unpaired) electrons. The Bertz CT molecular complexity index is 431. The maximum atomic E-state index is 10.1. The molecule has 1 aromatic rings. The molecule has 1 saturated heterocycles. The predicted octanol–water partition coefficient (Wildman–Crippen LogP) is 3.44. The molecular formula is C16H25NO2. The van der Waals surface area contributed by atoms with Crippen LogP contribution < -0.4 is 4.74 Å². The van der Waals surface area contributed by atoms with Gasteiger partial charge in [0.2, 0.25) is 0 Å². The van der Waals surface area contributed by atoms with Crippen LogP contribution in [-0.2, 0) is 0 Å². The minimum atomic E-state index is 0.259. The highest BCUT2D eigenvalue weighted by atomic mass is 16.5. The topological polar surface area (TPSA) is 32.7 Å². The van der Waals surface area contributed by atoms with Crippen LogP contribution in [0.1, 0.15) is 38.8 Å². The highest BCUT2D eigenvalue weighted by Crippen LogP contribution is 2.35. The third-order valence-corrected chi connectivity index (χ3v) is 4.43. The summed E-state index contributed by atoms with van der Waals surface area (Å²) < 4.78 is 5.13. The molecule has 0 amide bonds. The highest BCUT2D eigenvalue weighted by molar-refractivity contribution is 5.41. The molecule has 3 heteroatoms. The smallest absolute Gasteiger partial charge is 0.124 e. The molecule has 2 unspecified atom stereocenters. The third-order valence-electron chi connectivity index (χ3n) is 4.43. The van der Waals surface area contributed by atoms with Crippen LogP contribution in [0.4, 0.5) is 0 Å². The van der Waals surface area contributed by atoms with E-state index in [-0.39, 0.29) is 6.04 Å². The van der Waals surface area contributed by atoms with E-state index in [9.17, 15) is 5.11 Å². The van der Waals surface area contributed by atoms with Crippen LogP contribution >= 0.6 is 0 Å². The number of phenolic OH excluding ortho intramolecular Hbond substituents is 1. The minimum absolute atomic E-state index is 0.259. The van der Waals surface area contributed by atoms with Crippen molar-refractivity contribution in [2.24, 2.45) is 11.8 Å². The quantitative estimate of drug-likeness (QED) is 0.903. The number of aromatic hydroxyl groups is 1. The number of phenols is 1. The number of hydrogen-bond acceptors (Lipinski definition) is 3. The lowest BCUT2D eigenvalue weighted by Crippen LogP contribution is -2.25. The molecule has 0 aromatic heterocycles. The standard InChI is InChI=1S/C16H25NO2/c1-11(2)13-7-8-17(10-13)12(3)15-6-5-14(19-4)9-16(15)18/h5-6,9,11-13,18H,7-8,10H2,1-4H3. The van der Waals surface area contributed by atoms with Crippen LogP contribution in [0.3, 0.4) is 0 Å². The Labute approximate surface area is 116 Å². The van der Waals surface area contributed by atoms with Gasteiger partial charge in [0, 0.05) is 24.2 Å². The summed E-state index contributed by atoms with van der Waals surface area (Å²) in [5.74, 6) is 2.55. The predicted molar refractivity (Wildman–Crippen MR) is 77.6 cm³/mol. The minimum Gasteiger partial charge on any atom is -0.507 e. The van der Waals surface area contributed by atoms with Gasteiger partial charge in [-0.2, -0.15) is 0 Å². The van der Waals surface area contributed by atoms with Crippen molar-refractivity contribution in [3.8, 4) is 11.5 Å². The lowest BCUT2D eigenvalue weighted by Gasteiger charge is -2.26. The van der Waals surface area contributed by atoms with Crippen LogP contribution in [0.5, 0.6) is 11.5 Å². The van der Waals surface area contributed by atoms with Gasteiger partial charge in [-0.15, -0.1) is 0 Å². The lowest BCUT2D eigenvalue weighted by atomic mass is 9.95. The molecule has 1 aromatic carbocycles. The average molecular weight is 263 g/mol. The second kappa shape index (κ2) is 5.83. The SMILES string of the molecule is COc1ccc(C(C)N2CCC(C(C)C)C2)c(O)c1. The van der Waals surface area contributed by atoms with E-state index in [1.165, 1.54) is 6.42 Å². The maximum Gasteiger partial charge on any atom is 0.124 e.